The summed E-state index contributed by atoms with van der Waals surface area (Å²) in [5.41, 5.74) is 1.01. The van der Waals surface area contributed by atoms with Crippen LogP contribution in [0.5, 0.6) is 0 Å². The van der Waals surface area contributed by atoms with Crippen LogP contribution in [0, 0.1) is 11.7 Å². The van der Waals surface area contributed by atoms with Crippen molar-refractivity contribution in [2.45, 2.75) is 25.8 Å². The Kier molecular flexibility index (Phi) is 5.20. The average molecular weight is 285 g/mol. The fraction of sp³-hybridized carbons (Fsp3) is 0.600. The number of nitrogens with one attached hydrogen (secondary N) is 1. The molecule has 1 saturated heterocycles. The van der Waals surface area contributed by atoms with Crippen molar-refractivity contribution in [2.75, 3.05) is 26.7 Å². The van der Waals surface area contributed by atoms with Crippen LogP contribution in [0.4, 0.5) is 4.39 Å². The second-order valence-electron chi connectivity index (χ2n) is 5.24. The van der Waals surface area contributed by atoms with Crippen LogP contribution in [-0.4, -0.2) is 31.6 Å². The number of halogens is 2. The van der Waals surface area contributed by atoms with E-state index in [4.69, 9.17) is 11.6 Å². The van der Waals surface area contributed by atoms with Crippen molar-refractivity contribution in [3.63, 3.8) is 0 Å². The molecule has 0 aromatic heterocycles. The van der Waals surface area contributed by atoms with Gasteiger partial charge in [-0.25, -0.2) is 4.39 Å². The number of likely N-dealkylation sites (tertiary alicyclic amines) is 1. The second kappa shape index (κ2) is 6.69. The van der Waals surface area contributed by atoms with Crippen molar-refractivity contribution in [1.82, 2.24) is 10.2 Å². The molecule has 1 fully saturated rings. The first-order valence-corrected chi connectivity index (χ1v) is 7.38. The number of hydrogen-bond donors (Lipinski definition) is 1. The second-order valence-corrected chi connectivity index (χ2v) is 5.67. The maximum Gasteiger partial charge on any atom is 0.125 e. The number of hydrogen-bond acceptors (Lipinski definition) is 2. The predicted octanol–water partition coefficient (Wildman–Crippen LogP) is 3.47. The van der Waals surface area contributed by atoms with Gasteiger partial charge in [-0.15, -0.1) is 0 Å². The van der Waals surface area contributed by atoms with Gasteiger partial charge in [0.25, 0.3) is 0 Å². The highest BCUT2D eigenvalue weighted by molar-refractivity contribution is 6.30. The van der Waals surface area contributed by atoms with E-state index in [0.717, 1.165) is 25.2 Å². The molecule has 2 rings (SSSR count). The van der Waals surface area contributed by atoms with E-state index in [1.807, 2.05) is 13.1 Å². The summed E-state index contributed by atoms with van der Waals surface area (Å²) >= 11 is 6.01. The lowest BCUT2D eigenvalue weighted by atomic mass is 9.84. The Morgan fingerprint density at radius 3 is 2.84 bits per heavy atom. The maximum absolute atomic E-state index is 13.6. The van der Waals surface area contributed by atoms with Crippen LogP contribution in [0.1, 0.15) is 31.4 Å². The Bertz CT molecular complexity index is 402. The van der Waals surface area contributed by atoms with E-state index in [0.29, 0.717) is 10.9 Å². The highest BCUT2D eigenvalue weighted by Gasteiger charge is 2.31. The summed E-state index contributed by atoms with van der Waals surface area (Å²) in [7, 11) is 1.97. The SMILES string of the molecule is CCN1CCCC(CNC)C1c1cc(F)cc(Cl)c1. The molecular formula is C15H22ClFN2. The summed E-state index contributed by atoms with van der Waals surface area (Å²) in [5, 5.41) is 3.74. The third kappa shape index (κ3) is 3.47. The van der Waals surface area contributed by atoms with Crippen molar-refractivity contribution in [3.8, 4) is 0 Å². The van der Waals surface area contributed by atoms with Crippen LogP contribution >= 0.6 is 11.6 Å². The molecule has 1 aromatic rings. The number of rotatable bonds is 4. The highest BCUT2D eigenvalue weighted by atomic mass is 35.5. The summed E-state index contributed by atoms with van der Waals surface area (Å²) in [6.45, 7) is 5.18. The third-order valence-corrected chi connectivity index (χ3v) is 4.18. The molecule has 1 aliphatic rings. The molecule has 1 N–H and O–H groups in total. The van der Waals surface area contributed by atoms with Gasteiger partial charge in [-0.05, 0) is 69.2 Å². The van der Waals surface area contributed by atoms with Gasteiger partial charge in [0.1, 0.15) is 5.82 Å². The summed E-state index contributed by atoms with van der Waals surface area (Å²) in [5.74, 6) is 0.268. The van der Waals surface area contributed by atoms with Gasteiger partial charge in [0, 0.05) is 11.1 Å². The van der Waals surface area contributed by atoms with Crippen molar-refractivity contribution < 1.29 is 4.39 Å². The zero-order chi connectivity index (χ0) is 13.8. The molecule has 1 aliphatic heterocycles. The van der Waals surface area contributed by atoms with Crippen LogP contribution in [-0.2, 0) is 0 Å². The van der Waals surface area contributed by atoms with Crippen molar-refractivity contribution >= 4 is 11.6 Å². The molecule has 4 heteroatoms. The lowest BCUT2D eigenvalue weighted by Gasteiger charge is -2.41. The van der Waals surface area contributed by atoms with E-state index in [2.05, 4.69) is 17.1 Å². The van der Waals surface area contributed by atoms with Crippen molar-refractivity contribution in [2.24, 2.45) is 5.92 Å². The molecule has 1 aromatic carbocycles. The lowest BCUT2D eigenvalue weighted by molar-refractivity contribution is 0.0980. The molecule has 19 heavy (non-hydrogen) atoms. The van der Waals surface area contributed by atoms with Crippen LogP contribution < -0.4 is 5.32 Å². The maximum atomic E-state index is 13.6. The van der Waals surface area contributed by atoms with E-state index in [1.54, 1.807) is 6.07 Å². The largest absolute Gasteiger partial charge is 0.319 e. The van der Waals surface area contributed by atoms with Gasteiger partial charge in [0.2, 0.25) is 0 Å². The Hall–Kier alpha value is -0.640. The van der Waals surface area contributed by atoms with Gasteiger partial charge in [-0.1, -0.05) is 18.5 Å². The van der Waals surface area contributed by atoms with Gasteiger partial charge in [-0.3, -0.25) is 4.90 Å². The molecule has 0 aliphatic carbocycles. The van der Waals surface area contributed by atoms with Gasteiger partial charge in [-0.2, -0.15) is 0 Å². The van der Waals surface area contributed by atoms with Gasteiger partial charge in [0.05, 0.1) is 0 Å². The van der Waals surface area contributed by atoms with Gasteiger partial charge >= 0.3 is 0 Å². The monoisotopic (exact) mass is 284 g/mol. The molecule has 106 valence electrons. The van der Waals surface area contributed by atoms with E-state index in [9.17, 15) is 4.39 Å². The Labute approximate surface area is 119 Å². The number of nitrogens with zero attached hydrogens (tertiary/aromatic N) is 1. The van der Waals surface area contributed by atoms with Crippen LogP contribution in [0.2, 0.25) is 5.02 Å². The molecule has 2 unspecified atom stereocenters. The molecule has 0 bridgehead atoms. The zero-order valence-corrected chi connectivity index (χ0v) is 12.4. The summed E-state index contributed by atoms with van der Waals surface area (Å²) < 4.78 is 13.6. The normalized spacial score (nSPS) is 24.6. The Morgan fingerprint density at radius 2 is 2.21 bits per heavy atom. The zero-order valence-electron chi connectivity index (χ0n) is 11.6. The molecule has 2 atom stereocenters. The fourth-order valence-electron chi connectivity index (χ4n) is 3.21. The molecule has 1 heterocycles. The van der Waals surface area contributed by atoms with E-state index in [-0.39, 0.29) is 11.9 Å². The Morgan fingerprint density at radius 1 is 1.42 bits per heavy atom. The van der Waals surface area contributed by atoms with Gasteiger partial charge in [0.15, 0.2) is 0 Å². The third-order valence-electron chi connectivity index (χ3n) is 3.96. The summed E-state index contributed by atoms with van der Waals surface area (Å²) in [4.78, 5) is 2.43. The first kappa shape index (κ1) is 14.8. The van der Waals surface area contributed by atoms with E-state index in [1.165, 1.54) is 18.9 Å². The first-order valence-electron chi connectivity index (χ1n) is 7.00. The lowest BCUT2D eigenvalue weighted by Crippen LogP contribution is -2.42. The minimum absolute atomic E-state index is 0.243. The van der Waals surface area contributed by atoms with Crippen LogP contribution in [0.3, 0.4) is 0 Å². The van der Waals surface area contributed by atoms with Crippen molar-refractivity contribution in [1.29, 1.82) is 0 Å². The molecule has 0 amide bonds. The molecular weight excluding hydrogens is 263 g/mol. The first-order chi connectivity index (χ1) is 9.15. The summed E-state index contributed by atoms with van der Waals surface area (Å²) in [6, 6.07) is 5.18. The quantitative estimate of drug-likeness (QED) is 0.911. The summed E-state index contributed by atoms with van der Waals surface area (Å²) in [6.07, 6.45) is 2.38. The highest BCUT2D eigenvalue weighted by Crippen LogP contribution is 2.36. The molecule has 0 saturated carbocycles. The van der Waals surface area contributed by atoms with Crippen LogP contribution in [0.25, 0.3) is 0 Å². The van der Waals surface area contributed by atoms with E-state index >= 15 is 0 Å². The molecule has 2 nitrogen and oxygen atoms in total. The van der Waals surface area contributed by atoms with E-state index < -0.39 is 0 Å². The Balaban J connectivity index is 2.33. The average Bonchev–Trinajstić information content (AvgIpc) is 2.37. The van der Waals surface area contributed by atoms with Gasteiger partial charge < -0.3 is 5.32 Å². The smallest absolute Gasteiger partial charge is 0.125 e. The topological polar surface area (TPSA) is 15.3 Å². The minimum atomic E-state index is -0.243. The standard InChI is InChI=1S/C15H22ClFN2/c1-3-19-6-4-5-11(10-18-2)15(19)12-7-13(16)9-14(17)8-12/h7-9,11,15,18H,3-6,10H2,1-2H3. The molecule has 0 spiro atoms. The predicted molar refractivity (Wildman–Crippen MR) is 78.0 cm³/mol. The van der Waals surface area contributed by atoms with Crippen LogP contribution in [0.15, 0.2) is 18.2 Å². The van der Waals surface area contributed by atoms with Crippen molar-refractivity contribution in [3.05, 3.63) is 34.6 Å². The fourth-order valence-corrected chi connectivity index (χ4v) is 3.44. The minimum Gasteiger partial charge on any atom is -0.319 e. The number of benzene rings is 1. The number of piperidine rings is 1. The molecule has 0 radical (unpaired) electrons.